The Morgan fingerprint density at radius 1 is 1.44 bits per heavy atom. The third-order valence-corrected chi connectivity index (χ3v) is 4.49. The van der Waals surface area contributed by atoms with Crippen LogP contribution in [0.25, 0.3) is 0 Å². The van der Waals surface area contributed by atoms with Gasteiger partial charge in [0.1, 0.15) is 0 Å². The van der Waals surface area contributed by atoms with E-state index in [1.165, 1.54) is 16.4 Å². The molecule has 1 rings (SSSR count). The van der Waals surface area contributed by atoms with Gasteiger partial charge in [-0.05, 0) is 24.6 Å². The first-order valence-corrected chi connectivity index (χ1v) is 7.11. The molecule has 0 aromatic heterocycles. The summed E-state index contributed by atoms with van der Waals surface area (Å²) in [6, 6.07) is 7.85. The predicted octanol–water partition coefficient (Wildman–Crippen LogP) is 0.951. The van der Waals surface area contributed by atoms with Gasteiger partial charge in [-0.2, -0.15) is 9.57 Å². The summed E-state index contributed by atoms with van der Waals surface area (Å²) >= 11 is 0. The van der Waals surface area contributed by atoms with Crippen LogP contribution in [0.4, 0.5) is 0 Å². The van der Waals surface area contributed by atoms with Gasteiger partial charge in [-0.15, -0.1) is 0 Å². The number of aliphatic hydroxyl groups is 1. The molecule has 6 heteroatoms. The van der Waals surface area contributed by atoms with Crippen LogP contribution < -0.4 is 0 Å². The van der Waals surface area contributed by atoms with Crippen LogP contribution in [-0.2, 0) is 10.0 Å². The Morgan fingerprint density at radius 2 is 2.17 bits per heavy atom. The van der Waals surface area contributed by atoms with Crippen LogP contribution in [-0.4, -0.2) is 37.5 Å². The number of hydrogen-bond acceptors (Lipinski definition) is 4. The van der Waals surface area contributed by atoms with Crippen LogP contribution in [0.1, 0.15) is 18.9 Å². The summed E-state index contributed by atoms with van der Waals surface area (Å²) in [6.07, 6.45) is 0.394. The molecule has 0 aliphatic carbocycles. The van der Waals surface area contributed by atoms with Crippen LogP contribution in [0.5, 0.6) is 0 Å². The molecule has 0 aliphatic heterocycles. The van der Waals surface area contributed by atoms with Crippen molar-refractivity contribution in [3.63, 3.8) is 0 Å². The molecule has 0 saturated heterocycles. The smallest absolute Gasteiger partial charge is 0.243 e. The molecule has 0 amide bonds. The minimum absolute atomic E-state index is 0.0513. The molecule has 1 aromatic rings. The lowest BCUT2D eigenvalue weighted by atomic mass is 10.2. The Kier molecular flexibility index (Phi) is 5.28. The van der Waals surface area contributed by atoms with Crippen molar-refractivity contribution < 1.29 is 13.5 Å². The molecule has 0 spiro atoms. The van der Waals surface area contributed by atoms with E-state index < -0.39 is 10.0 Å². The van der Waals surface area contributed by atoms with Crippen LogP contribution >= 0.6 is 0 Å². The van der Waals surface area contributed by atoms with Crippen molar-refractivity contribution in [3.8, 4) is 6.07 Å². The van der Waals surface area contributed by atoms with Crippen molar-refractivity contribution >= 4 is 10.0 Å². The summed E-state index contributed by atoms with van der Waals surface area (Å²) in [5.74, 6) is 0. The Labute approximate surface area is 107 Å². The van der Waals surface area contributed by atoms with Crippen molar-refractivity contribution in [3.05, 3.63) is 29.8 Å². The number of rotatable bonds is 6. The summed E-state index contributed by atoms with van der Waals surface area (Å²) < 4.78 is 25.8. The molecule has 0 heterocycles. The second kappa shape index (κ2) is 6.50. The van der Waals surface area contributed by atoms with Crippen molar-refractivity contribution in [2.45, 2.75) is 18.2 Å². The molecule has 0 aliphatic rings. The zero-order valence-corrected chi connectivity index (χ0v) is 11.0. The molecular formula is C12H16N2O3S. The summed E-state index contributed by atoms with van der Waals surface area (Å²) in [5.41, 5.74) is 0.314. The van der Waals surface area contributed by atoms with Crippen molar-refractivity contribution in [1.29, 1.82) is 5.26 Å². The standard InChI is InChI=1S/C12H16N2O3S/c1-2-14(7-4-8-15)18(16,17)12-6-3-5-11(9-12)10-13/h3,5-6,9,15H,2,4,7-8H2,1H3. The maximum atomic E-state index is 12.3. The average Bonchev–Trinajstić information content (AvgIpc) is 2.39. The molecule has 1 aromatic carbocycles. The molecule has 0 atom stereocenters. The number of hydrogen-bond donors (Lipinski definition) is 1. The normalized spacial score (nSPS) is 11.4. The fourth-order valence-electron chi connectivity index (χ4n) is 1.57. The summed E-state index contributed by atoms with van der Waals surface area (Å²) in [4.78, 5) is 0.112. The monoisotopic (exact) mass is 268 g/mol. The number of nitrogens with zero attached hydrogens (tertiary/aromatic N) is 2. The third kappa shape index (κ3) is 3.29. The topological polar surface area (TPSA) is 81.4 Å². The lowest BCUT2D eigenvalue weighted by molar-refractivity contribution is 0.271. The second-order valence-corrected chi connectivity index (χ2v) is 5.65. The number of benzene rings is 1. The SMILES string of the molecule is CCN(CCCO)S(=O)(=O)c1cccc(C#N)c1. The van der Waals surface area contributed by atoms with Crippen molar-refractivity contribution in [1.82, 2.24) is 4.31 Å². The largest absolute Gasteiger partial charge is 0.396 e. The molecule has 0 radical (unpaired) electrons. The van der Waals surface area contributed by atoms with E-state index in [4.69, 9.17) is 10.4 Å². The molecule has 18 heavy (non-hydrogen) atoms. The molecule has 98 valence electrons. The van der Waals surface area contributed by atoms with E-state index in [1.54, 1.807) is 19.1 Å². The molecule has 1 N–H and O–H groups in total. The van der Waals surface area contributed by atoms with E-state index in [0.717, 1.165) is 0 Å². The molecule has 0 fully saturated rings. The first-order valence-electron chi connectivity index (χ1n) is 5.67. The number of sulfonamides is 1. The molecular weight excluding hydrogens is 252 g/mol. The van der Waals surface area contributed by atoms with Crippen LogP contribution in [0.15, 0.2) is 29.2 Å². The average molecular weight is 268 g/mol. The van der Waals surface area contributed by atoms with Gasteiger partial charge in [-0.3, -0.25) is 0 Å². The maximum Gasteiger partial charge on any atom is 0.243 e. The lowest BCUT2D eigenvalue weighted by Gasteiger charge is -2.20. The Balaban J connectivity index is 3.07. The van der Waals surface area contributed by atoms with Gasteiger partial charge in [0, 0.05) is 19.7 Å². The Bertz CT molecular complexity index is 534. The van der Waals surface area contributed by atoms with Crippen molar-refractivity contribution in [2.75, 3.05) is 19.7 Å². The van der Waals surface area contributed by atoms with Gasteiger partial charge in [-0.25, -0.2) is 8.42 Å². The van der Waals surface area contributed by atoms with E-state index >= 15 is 0 Å². The highest BCUT2D eigenvalue weighted by Gasteiger charge is 2.22. The maximum absolute atomic E-state index is 12.3. The predicted molar refractivity (Wildman–Crippen MR) is 67.3 cm³/mol. The summed E-state index contributed by atoms with van der Waals surface area (Å²) in [7, 11) is -3.58. The lowest BCUT2D eigenvalue weighted by Crippen LogP contribution is -2.32. The fourth-order valence-corrected chi connectivity index (χ4v) is 3.10. The number of aliphatic hydroxyl groups excluding tert-OH is 1. The van der Waals surface area contributed by atoms with E-state index in [2.05, 4.69) is 0 Å². The molecule has 0 bridgehead atoms. The highest BCUT2D eigenvalue weighted by molar-refractivity contribution is 7.89. The van der Waals surface area contributed by atoms with E-state index in [-0.39, 0.29) is 18.0 Å². The van der Waals surface area contributed by atoms with Gasteiger partial charge in [-0.1, -0.05) is 13.0 Å². The second-order valence-electron chi connectivity index (χ2n) is 3.71. The Hall–Kier alpha value is -1.42. The zero-order valence-electron chi connectivity index (χ0n) is 10.2. The van der Waals surface area contributed by atoms with Gasteiger partial charge in [0.25, 0.3) is 0 Å². The minimum atomic E-state index is -3.58. The number of nitriles is 1. The summed E-state index contributed by atoms with van der Waals surface area (Å²) in [6.45, 7) is 2.29. The first kappa shape index (κ1) is 14.6. The van der Waals surface area contributed by atoms with Gasteiger partial charge < -0.3 is 5.11 Å². The molecule has 0 unspecified atom stereocenters. The zero-order chi connectivity index (χ0) is 13.6. The quantitative estimate of drug-likeness (QED) is 0.833. The first-order chi connectivity index (χ1) is 8.56. The van der Waals surface area contributed by atoms with Crippen molar-refractivity contribution in [2.24, 2.45) is 0 Å². The van der Waals surface area contributed by atoms with E-state index in [1.807, 2.05) is 6.07 Å². The van der Waals surface area contributed by atoms with Gasteiger partial charge >= 0.3 is 0 Å². The highest BCUT2D eigenvalue weighted by atomic mass is 32.2. The summed E-state index contributed by atoms with van der Waals surface area (Å²) in [5, 5.41) is 17.5. The van der Waals surface area contributed by atoms with Gasteiger partial charge in [0.05, 0.1) is 16.5 Å². The molecule has 5 nitrogen and oxygen atoms in total. The van der Waals surface area contributed by atoms with E-state index in [9.17, 15) is 8.42 Å². The minimum Gasteiger partial charge on any atom is -0.396 e. The Morgan fingerprint density at radius 3 is 2.72 bits per heavy atom. The molecule has 0 saturated carbocycles. The van der Waals surface area contributed by atoms with Gasteiger partial charge in [0.2, 0.25) is 10.0 Å². The highest BCUT2D eigenvalue weighted by Crippen LogP contribution is 2.16. The van der Waals surface area contributed by atoms with Crippen LogP contribution in [0.2, 0.25) is 0 Å². The fraction of sp³-hybridized carbons (Fsp3) is 0.417. The van der Waals surface area contributed by atoms with Crippen LogP contribution in [0.3, 0.4) is 0 Å². The van der Waals surface area contributed by atoms with E-state index in [0.29, 0.717) is 18.5 Å². The third-order valence-electron chi connectivity index (χ3n) is 2.52. The van der Waals surface area contributed by atoms with Gasteiger partial charge in [0.15, 0.2) is 0 Å². The van der Waals surface area contributed by atoms with Crippen LogP contribution in [0, 0.1) is 11.3 Å².